The highest BCUT2D eigenvalue weighted by molar-refractivity contribution is 7.85. The van der Waals surface area contributed by atoms with Gasteiger partial charge in [0.2, 0.25) is 0 Å². The third-order valence-electron chi connectivity index (χ3n) is 2.44. The van der Waals surface area contributed by atoms with Crippen LogP contribution in [0.4, 0.5) is 0 Å². The predicted molar refractivity (Wildman–Crippen MR) is 65.4 cm³/mol. The Morgan fingerprint density at radius 2 is 1.89 bits per heavy atom. The van der Waals surface area contributed by atoms with E-state index in [1.54, 1.807) is 24.5 Å². The molecule has 0 fully saturated rings. The largest absolute Gasteiger partial charge is 0.347 e. The Balaban J connectivity index is 0.000000136. The Morgan fingerprint density at radius 3 is 2.44 bits per heavy atom. The van der Waals surface area contributed by atoms with Crippen molar-refractivity contribution in [1.29, 1.82) is 0 Å². The van der Waals surface area contributed by atoms with Crippen LogP contribution in [0.3, 0.4) is 0 Å². The highest BCUT2D eigenvalue weighted by atomic mass is 32.2. The molecule has 1 aromatic heterocycles. The Morgan fingerprint density at radius 1 is 1.17 bits per heavy atom. The smallest absolute Gasteiger partial charge is 0.294 e. The molecule has 2 aromatic rings. The molecule has 18 heavy (non-hydrogen) atoms. The van der Waals surface area contributed by atoms with Gasteiger partial charge in [-0.05, 0) is 12.1 Å². The van der Waals surface area contributed by atoms with Gasteiger partial charge >= 0.3 is 0 Å². The summed E-state index contributed by atoms with van der Waals surface area (Å²) in [6.07, 6.45) is 1.74. The normalized spacial score (nSPS) is 13.6. The van der Waals surface area contributed by atoms with Crippen molar-refractivity contribution in [1.82, 2.24) is 15.3 Å². The van der Waals surface area contributed by atoms with Gasteiger partial charge < -0.3 is 10.3 Å². The van der Waals surface area contributed by atoms with Crippen molar-refractivity contribution in [3.63, 3.8) is 0 Å². The first-order valence-electron chi connectivity index (χ1n) is 5.32. The van der Waals surface area contributed by atoms with Crippen molar-refractivity contribution < 1.29 is 13.0 Å². The lowest BCUT2D eigenvalue weighted by atomic mass is 10.4. The van der Waals surface area contributed by atoms with Gasteiger partial charge in [0.25, 0.3) is 10.1 Å². The summed E-state index contributed by atoms with van der Waals surface area (Å²) in [6.45, 7) is 1.88. The molecule has 0 atom stereocenters. The molecule has 0 saturated carbocycles. The topological polar surface area (TPSA) is 95.1 Å². The molecule has 3 rings (SSSR count). The van der Waals surface area contributed by atoms with Crippen LogP contribution in [0.1, 0.15) is 11.4 Å². The lowest BCUT2D eigenvalue weighted by Crippen LogP contribution is -2.01. The summed E-state index contributed by atoms with van der Waals surface area (Å²) in [5.41, 5.74) is 2.41. The lowest BCUT2D eigenvalue weighted by molar-refractivity contribution is 0.483. The Hall–Kier alpha value is -1.70. The quantitative estimate of drug-likeness (QED) is 0.668. The van der Waals surface area contributed by atoms with Crippen LogP contribution in [0.2, 0.25) is 0 Å². The van der Waals surface area contributed by atoms with Crippen LogP contribution >= 0.6 is 0 Å². The molecule has 1 aliphatic heterocycles. The van der Waals surface area contributed by atoms with Gasteiger partial charge in [-0.15, -0.1) is 0 Å². The molecule has 0 unspecified atom stereocenters. The average molecular weight is 267 g/mol. The van der Waals surface area contributed by atoms with Crippen molar-refractivity contribution >= 4 is 10.1 Å². The third-order valence-corrected chi connectivity index (χ3v) is 3.31. The molecular weight excluding hydrogens is 254 g/mol. The first-order valence-corrected chi connectivity index (χ1v) is 6.76. The minimum absolute atomic E-state index is 0.0741. The highest BCUT2D eigenvalue weighted by Gasteiger charge is 2.10. The summed E-state index contributed by atoms with van der Waals surface area (Å²) >= 11 is 0. The minimum atomic E-state index is -4.00. The maximum Gasteiger partial charge on any atom is 0.294 e. The fourth-order valence-corrected chi connectivity index (χ4v) is 2.05. The van der Waals surface area contributed by atoms with Crippen molar-refractivity contribution in [2.24, 2.45) is 0 Å². The van der Waals surface area contributed by atoms with Crippen LogP contribution in [-0.2, 0) is 23.2 Å². The van der Waals surface area contributed by atoms with E-state index < -0.39 is 10.1 Å². The van der Waals surface area contributed by atoms with Gasteiger partial charge in [-0.3, -0.25) is 4.55 Å². The number of aromatic amines is 1. The van der Waals surface area contributed by atoms with E-state index in [0.29, 0.717) is 0 Å². The van der Waals surface area contributed by atoms with Gasteiger partial charge in [0, 0.05) is 13.1 Å². The SMILES string of the molecule is O=S(=O)(O)c1ccccc1.c1nc2c([nH]1)CNC2. The summed E-state index contributed by atoms with van der Waals surface area (Å²) in [5.74, 6) is 0. The molecule has 0 radical (unpaired) electrons. The van der Waals surface area contributed by atoms with Gasteiger partial charge in [0.1, 0.15) is 0 Å². The standard InChI is InChI=1S/C6H6O3S.C5H7N3/c7-10(8,9)6-4-2-1-3-5-6;1-4-5(2-6-1)8-3-7-4/h1-5H,(H,7,8,9);3,6H,1-2H2,(H,7,8). The Bertz CT molecular complexity index is 589. The van der Waals surface area contributed by atoms with Crippen molar-refractivity contribution in [3.8, 4) is 0 Å². The van der Waals surface area contributed by atoms with E-state index >= 15 is 0 Å². The van der Waals surface area contributed by atoms with Crippen molar-refractivity contribution in [2.45, 2.75) is 18.0 Å². The number of imidazole rings is 1. The van der Waals surface area contributed by atoms with Crippen LogP contribution in [0, 0.1) is 0 Å². The number of hydrogen-bond donors (Lipinski definition) is 3. The molecule has 2 heterocycles. The summed E-state index contributed by atoms with van der Waals surface area (Å²) in [5, 5.41) is 3.17. The lowest BCUT2D eigenvalue weighted by Gasteiger charge is -1.92. The number of fused-ring (bicyclic) bond motifs is 1. The second kappa shape index (κ2) is 5.30. The summed E-state index contributed by atoms with van der Waals surface area (Å²) in [6, 6.07) is 7.42. The second-order valence-corrected chi connectivity index (χ2v) is 5.14. The van der Waals surface area contributed by atoms with Crippen molar-refractivity contribution in [2.75, 3.05) is 0 Å². The molecule has 96 valence electrons. The van der Waals surface area contributed by atoms with Crippen LogP contribution < -0.4 is 5.32 Å². The number of aromatic nitrogens is 2. The maximum atomic E-state index is 10.4. The first-order chi connectivity index (χ1) is 8.57. The van der Waals surface area contributed by atoms with Crippen LogP contribution in [-0.4, -0.2) is 22.9 Å². The number of hydrogen-bond acceptors (Lipinski definition) is 4. The van der Waals surface area contributed by atoms with Gasteiger partial charge in [-0.1, -0.05) is 18.2 Å². The molecule has 0 spiro atoms. The van der Waals surface area contributed by atoms with Crippen LogP contribution in [0.15, 0.2) is 41.6 Å². The highest BCUT2D eigenvalue weighted by Crippen LogP contribution is 2.07. The monoisotopic (exact) mass is 267 g/mol. The molecule has 7 heteroatoms. The molecule has 1 aromatic carbocycles. The Labute approximate surface area is 105 Å². The van der Waals surface area contributed by atoms with E-state index in [2.05, 4.69) is 15.3 Å². The number of rotatable bonds is 1. The van der Waals surface area contributed by atoms with Gasteiger partial charge in [0.15, 0.2) is 0 Å². The number of nitrogens with zero attached hydrogens (tertiary/aromatic N) is 1. The van der Waals surface area contributed by atoms with Gasteiger partial charge in [-0.2, -0.15) is 8.42 Å². The van der Waals surface area contributed by atoms with E-state index in [1.165, 1.54) is 23.5 Å². The van der Waals surface area contributed by atoms with Crippen molar-refractivity contribution in [3.05, 3.63) is 48.0 Å². The minimum Gasteiger partial charge on any atom is -0.347 e. The summed E-state index contributed by atoms with van der Waals surface area (Å²) < 4.78 is 29.2. The molecule has 6 nitrogen and oxygen atoms in total. The number of H-pyrrole nitrogens is 1. The van der Waals surface area contributed by atoms with E-state index in [9.17, 15) is 8.42 Å². The number of benzene rings is 1. The van der Waals surface area contributed by atoms with E-state index in [-0.39, 0.29) is 4.90 Å². The van der Waals surface area contributed by atoms with E-state index in [1.807, 2.05) is 0 Å². The molecule has 3 N–H and O–H groups in total. The molecule has 0 aliphatic carbocycles. The molecular formula is C11H13N3O3S. The van der Waals surface area contributed by atoms with E-state index in [4.69, 9.17) is 4.55 Å². The molecule has 1 aliphatic rings. The zero-order chi connectivity index (χ0) is 13.0. The molecule has 0 saturated heterocycles. The van der Waals surface area contributed by atoms with Crippen LogP contribution in [0.5, 0.6) is 0 Å². The molecule has 0 bridgehead atoms. The Kier molecular flexibility index (Phi) is 3.75. The zero-order valence-corrected chi connectivity index (χ0v) is 10.3. The molecule has 0 amide bonds. The average Bonchev–Trinajstić information content (AvgIpc) is 2.92. The number of nitrogens with one attached hydrogen (secondary N) is 2. The third kappa shape index (κ3) is 3.16. The predicted octanol–water partition coefficient (Wildman–Crippen LogP) is 0.946. The summed E-state index contributed by atoms with van der Waals surface area (Å²) in [4.78, 5) is 7.05. The fourth-order valence-electron chi connectivity index (χ4n) is 1.55. The van der Waals surface area contributed by atoms with Gasteiger partial charge in [-0.25, -0.2) is 4.98 Å². The zero-order valence-electron chi connectivity index (χ0n) is 9.50. The van der Waals surface area contributed by atoms with Gasteiger partial charge in [0.05, 0.1) is 22.6 Å². The van der Waals surface area contributed by atoms with E-state index in [0.717, 1.165) is 13.1 Å². The summed E-state index contributed by atoms with van der Waals surface area (Å²) in [7, 11) is -4.00. The van der Waals surface area contributed by atoms with Crippen LogP contribution in [0.25, 0.3) is 0 Å². The second-order valence-electron chi connectivity index (χ2n) is 3.72. The fraction of sp³-hybridized carbons (Fsp3) is 0.182. The first kappa shape index (κ1) is 12.7. The maximum absolute atomic E-state index is 10.4.